The van der Waals surface area contributed by atoms with Crippen LogP contribution < -0.4 is 0 Å². The van der Waals surface area contributed by atoms with Gasteiger partial charge in [-0.05, 0) is 31.6 Å². The quantitative estimate of drug-likeness (QED) is 0.523. The van der Waals surface area contributed by atoms with Crippen LogP contribution in [-0.4, -0.2) is 18.0 Å². The minimum absolute atomic E-state index is 0.762. The van der Waals surface area contributed by atoms with Crippen LogP contribution in [0.25, 0.3) is 0 Å². The molecule has 1 nitrogen and oxygen atoms in total. The standard InChI is InChI=1S/C9H17BrO/c1-2-5-11-7-8-3-4-9(10)6-8/h8-9H,2-7H2,1H3. The molecule has 0 saturated heterocycles. The van der Waals surface area contributed by atoms with E-state index in [1.165, 1.54) is 19.3 Å². The summed E-state index contributed by atoms with van der Waals surface area (Å²) in [7, 11) is 0. The van der Waals surface area contributed by atoms with Crippen molar-refractivity contribution in [3.8, 4) is 0 Å². The van der Waals surface area contributed by atoms with Crippen LogP contribution in [-0.2, 0) is 4.74 Å². The molecular weight excluding hydrogens is 204 g/mol. The third-order valence-electron chi connectivity index (χ3n) is 2.18. The van der Waals surface area contributed by atoms with Crippen molar-refractivity contribution in [2.75, 3.05) is 13.2 Å². The summed E-state index contributed by atoms with van der Waals surface area (Å²) in [5.74, 6) is 0.825. The molecule has 0 heterocycles. The molecule has 66 valence electrons. The first kappa shape index (κ1) is 9.53. The van der Waals surface area contributed by atoms with E-state index < -0.39 is 0 Å². The van der Waals surface area contributed by atoms with Gasteiger partial charge >= 0.3 is 0 Å². The van der Waals surface area contributed by atoms with Crippen LogP contribution in [0.3, 0.4) is 0 Å². The molecule has 2 atom stereocenters. The van der Waals surface area contributed by atoms with Crippen LogP contribution in [0.2, 0.25) is 0 Å². The SMILES string of the molecule is CCCOCC1CCC(Br)C1. The van der Waals surface area contributed by atoms with E-state index in [0.717, 1.165) is 30.4 Å². The zero-order valence-corrected chi connectivity index (χ0v) is 8.77. The lowest BCUT2D eigenvalue weighted by Gasteiger charge is -2.08. The molecule has 0 aromatic heterocycles. The van der Waals surface area contributed by atoms with Gasteiger partial charge in [-0.3, -0.25) is 0 Å². The van der Waals surface area contributed by atoms with Gasteiger partial charge in [0.2, 0.25) is 0 Å². The van der Waals surface area contributed by atoms with Gasteiger partial charge in [0.15, 0.2) is 0 Å². The molecule has 1 aliphatic rings. The van der Waals surface area contributed by atoms with Crippen molar-refractivity contribution in [1.29, 1.82) is 0 Å². The third-order valence-corrected chi connectivity index (χ3v) is 3.01. The summed E-state index contributed by atoms with van der Waals surface area (Å²) in [5, 5.41) is 0. The average Bonchev–Trinajstić information content (AvgIpc) is 2.37. The Hall–Kier alpha value is 0.440. The molecule has 2 unspecified atom stereocenters. The Kier molecular flexibility index (Phi) is 4.46. The minimum Gasteiger partial charge on any atom is -0.381 e. The van der Waals surface area contributed by atoms with E-state index in [9.17, 15) is 0 Å². The minimum atomic E-state index is 0.762. The monoisotopic (exact) mass is 220 g/mol. The third kappa shape index (κ3) is 3.57. The second kappa shape index (κ2) is 5.15. The molecular formula is C9H17BrO. The van der Waals surface area contributed by atoms with E-state index in [-0.39, 0.29) is 0 Å². The molecule has 11 heavy (non-hydrogen) atoms. The van der Waals surface area contributed by atoms with Crippen molar-refractivity contribution >= 4 is 15.9 Å². The van der Waals surface area contributed by atoms with Gasteiger partial charge in [0.05, 0.1) is 0 Å². The van der Waals surface area contributed by atoms with Gasteiger partial charge in [0, 0.05) is 18.0 Å². The summed E-state index contributed by atoms with van der Waals surface area (Å²) in [6.45, 7) is 4.07. The summed E-state index contributed by atoms with van der Waals surface area (Å²) < 4.78 is 5.49. The van der Waals surface area contributed by atoms with Gasteiger partial charge in [0.1, 0.15) is 0 Å². The predicted molar refractivity (Wildman–Crippen MR) is 51.2 cm³/mol. The maximum absolute atomic E-state index is 5.49. The number of rotatable bonds is 4. The van der Waals surface area contributed by atoms with Crippen molar-refractivity contribution in [3.05, 3.63) is 0 Å². The van der Waals surface area contributed by atoms with Gasteiger partial charge in [-0.1, -0.05) is 22.9 Å². The van der Waals surface area contributed by atoms with Crippen LogP contribution in [0.1, 0.15) is 32.6 Å². The van der Waals surface area contributed by atoms with E-state index in [1.54, 1.807) is 0 Å². The smallest absolute Gasteiger partial charge is 0.0494 e. The van der Waals surface area contributed by atoms with Crippen LogP contribution in [0.15, 0.2) is 0 Å². The summed E-state index contributed by atoms with van der Waals surface area (Å²) in [4.78, 5) is 0.762. The number of alkyl halides is 1. The number of ether oxygens (including phenoxy) is 1. The Morgan fingerprint density at radius 2 is 2.27 bits per heavy atom. The highest BCUT2D eigenvalue weighted by molar-refractivity contribution is 9.09. The Morgan fingerprint density at radius 1 is 1.45 bits per heavy atom. The van der Waals surface area contributed by atoms with E-state index in [4.69, 9.17) is 4.74 Å². The Balaban J connectivity index is 1.99. The molecule has 1 fully saturated rings. The molecule has 0 spiro atoms. The zero-order valence-electron chi connectivity index (χ0n) is 7.18. The first-order valence-electron chi connectivity index (χ1n) is 4.54. The van der Waals surface area contributed by atoms with Crippen molar-refractivity contribution in [1.82, 2.24) is 0 Å². The molecule has 0 aromatic rings. The highest BCUT2D eigenvalue weighted by Gasteiger charge is 2.22. The molecule has 1 saturated carbocycles. The molecule has 0 aromatic carbocycles. The lowest BCUT2D eigenvalue weighted by atomic mass is 10.1. The highest BCUT2D eigenvalue weighted by atomic mass is 79.9. The molecule has 0 radical (unpaired) electrons. The van der Waals surface area contributed by atoms with Crippen molar-refractivity contribution in [2.45, 2.75) is 37.4 Å². The molecule has 1 rings (SSSR count). The highest BCUT2D eigenvalue weighted by Crippen LogP contribution is 2.30. The van der Waals surface area contributed by atoms with E-state index in [1.807, 2.05) is 0 Å². The Labute approximate surface area is 77.6 Å². The van der Waals surface area contributed by atoms with E-state index >= 15 is 0 Å². The molecule has 0 bridgehead atoms. The Morgan fingerprint density at radius 3 is 2.82 bits per heavy atom. The lowest BCUT2D eigenvalue weighted by molar-refractivity contribution is 0.102. The van der Waals surface area contributed by atoms with Crippen LogP contribution in [0, 0.1) is 5.92 Å². The molecule has 0 amide bonds. The maximum atomic E-state index is 5.49. The van der Waals surface area contributed by atoms with Crippen molar-refractivity contribution in [3.63, 3.8) is 0 Å². The fourth-order valence-electron chi connectivity index (χ4n) is 1.56. The van der Waals surface area contributed by atoms with Crippen LogP contribution in [0.5, 0.6) is 0 Å². The maximum Gasteiger partial charge on any atom is 0.0494 e. The molecule has 0 aliphatic heterocycles. The Bertz CT molecular complexity index is 106. The van der Waals surface area contributed by atoms with Crippen molar-refractivity contribution in [2.24, 2.45) is 5.92 Å². The van der Waals surface area contributed by atoms with Crippen LogP contribution in [0.4, 0.5) is 0 Å². The zero-order chi connectivity index (χ0) is 8.10. The van der Waals surface area contributed by atoms with Gasteiger partial charge in [0.25, 0.3) is 0 Å². The summed E-state index contributed by atoms with van der Waals surface area (Å²) in [5.41, 5.74) is 0. The molecule has 0 N–H and O–H groups in total. The predicted octanol–water partition coefficient (Wildman–Crippen LogP) is 2.98. The van der Waals surface area contributed by atoms with Gasteiger partial charge in [-0.2, -0.15) is 0 Å². The number of halogens is 1. The number of hydrogen-bond donors (Lipinski definition) is 0. The number of hydrogen-bond acceptors (Lipinski definition) is 1. The van der Waals surface area contributed by atoms with E-state index in [2.05, 4.69) is 22.9 Å². The largest absolute Gasteiger partial charge is 0.381 e. The molecule has 2 heteroatoms. The van der Waals surface area contributed by atoms with Crippen molar-refractivity contribution < 1.29 is 4.74 Å². The van der Waals surface area contributed by atoms with Gasteiger partial charge < -0.3 is 4.74 Å². The fourth-order valence-corrected chi connectivity index (χ4v) is 2.35. The second-order valence-electron chi connectivity index (χ2n) is 3.35. The average molecular weight is 221 g/mol. The summed E-state index contributed by atoms with van der Waals surface area (Å²) in [6, 6.07) is 0. The van der Waals surface area contributed by atoms with E-state index in [0.29, 0.717) is 0 Å². The normalized spacial score (nSPS) is 31.1. The fraction of sp³-hybridized carbons (Fsp3) is 1.00. The van der Waals surface area contributed by atoms with Gasteiger partial charge in [-0.15, -0.1) is 0 Å². The first-order valence-corrected chi connectivity index (χ1v) is 5.46. The summed E-state index contributed by atoms with van der Waals surface area (Å²) in [6.07, 6.45) is 5.13. The molecule has 1 aliphatic carbocycles. The topological polar surface area (TPSA) is 9.23 Å². The second-order valence-corrected chi connectivity index (χ2v) is 4.65. The van der Waals surface area contributed by atoms with Gasteiger partial charge in [-0.25, -0.2) is 0 Å². The summed E-state index contributed by atoms with van der Waals surface area (Å²) >= 11 is 3.63. The lowest BCUT2D eigenvalue weighted by Crippen LogP contribution is -2.06. The first-order chi connectivity index (χ1) is 5.33. The van der Waals surface area contributed by atoms with Crippen LogP contribution >= 0.6 is 15.9 Å².